The molecule has 8 heteroatoms. The molecule has 0 aliphatic rings. The number of hydrazine groups is 1. The molecule has 0 saturated carbocycles. The number of carbonyl (C=O) groups is 1. The van der Waals surface area contributed by atoms with Crippen molar-refractivity contribution in [2.45, 2.75) is 26.3 Å². The largest absolute Gasteiger partial charge is 0.368 e. The van der Waals surface area contributed by atoms with Gasteiger partial charge in [-0.1, -0.05) is 6.92 Å². The molecule has 1 rings (SSSR count). The summed E-state index contributed by atoms with van der Waals surface area (Å²) < 4.78 is 0. The number of nitrogens with one attached hydrogen (secondary N) is 3. The van der Waals surface area contributed by atoms with Crippen molar-refractivity contribution < 1.29 is 4.79 Å². The number of nitrogen functional groups attached to an aromatic ring is 2. The summed E-state index contributed by atoms with van der Waals surface area (Å²) in [6.45, 7) is 4.37. The lowest BCUT2D eigenvalue weighted by Crippen LogP contribution is -2.38. The van der Waals surface area contributed by atoms with Crippen molar-refractivity contribution in [1.82, 2.24) is 15.3 Å². The van der Waals surface area contributed by atoms with Gasteiger partial charge in [0.2, 0.25) is 11.9 Å². The molecule has 100 valence electrons. The zero-order valence-corrected chi connectivity index (χ0v) is 10.5. The summed E-state index contributed by atoms with van der Waals surface area (Å²) in [6, 6.07) is 1.15. The van der Waals surface area contributed by atoms with Gasteiger partial charge in [0.25, 0.3) is 0 Å². The van der Waals surface area contributed by atoms with Crippen molar-refractivity contribution in [1.29, 1.82) is 0 Å². The van der Waals surface area contributed by atoms with Crippen molar-refractivity contribution in [3.05, 3.63) is 6.07 Å². The minimum absolute atomic E-state index is 0.0779. The van der Waals surface area contributed by atoms with Crippen LogP contribution in [0.3, 0.4) is 0 Å². The van der Waals surface area contributed by atoms with E-state index in [9.17, 15) is 4.79 Å². The summed E-state index contributed by atoms with van der Waals surface area (Å²) in [5.41, 5.74) is 7.88. The highest BCUT2D eigenvalue weighted by Gasteiger charge is 2.13. The van der Waals surface area contributed by atoms with E-state index < -0.39 is 6.04 Å². The van der Waals surface area contributed by atoms with Gasteiger partial charge < -0.3 is 21.8 Å². The lowest BCUT2D eigenvalue weighted by Gasteiger charge is -2.15. The standard InChI is InChI=1S/C10H19N7O/c1-3-4-13-9(18)6(2)14-7-5-8(17-12)16-10(11)15-7/h5-6H,3-4,12H2,1-2H3,(H,13,18)(H4,11,14,15,16,17). The van der Waals surface area contributed by atoms with Crippen LogP contribution in [0.4, 0.5) is 17.6 Å². The number of nitrogens with zero attached hydrogens (tertiary/aromatic N) is 2. The second kappa shape index (κ2) is 6.60. The molecule has 1 aromatic rings. The third-order valence-corrected chi connectivity index (χ3v) is 2.20. The van der Waals surface area contributed by atoms with Crippen LogP contribution in [0.15, 0.2) is 6.07 Å². The average Bonchev–Trinajstić information content (AvgIpc) is 2.34. The minimum atomic E-state index is -0.420. The first-order valence-corrected chi connectivity index (χ1v) is 5.72. The molecule has 0 saturated heterocycles. The van der Waals surface area contributed by atoms with Gasteiger partial charge in [-0.05, 0) is 13.3 Å². The summed E-state index contributed by atoms with van der Waals surface area (Å²) in [6.07, 6.45) is 0.889. The number of hydrogen-bond acceptors (Lipinski definition) is 7. The number of aromatic nitrogens is 2. The molecule has 1 amide bonds. The van der Waals surface area contributed by atoms with Gasteiger partial charge in [-0.15, -0.1) is 0 Å². The normalized spacial score (nSPS) is 11.7. The number of carbonyl (C=O) groups excluding carboxylic acids is 1. The van der Waals surface area contributed by atoms with Crippen molar-refractivity contribution >= 4 is 23.5 Å². The van der Waals surface area contributed by atoms with Crippen LogP contribution in [0.5, 0.6) is 0 Å². The minimum Gasteiger partial charge on any atom is -0.368 e. The van der Waals surface area contributed by atoms with Gasteiger partial charge >= 0.3 is 0 Å². The molecule has 0 aliphatic heterocycles. The van der Waals surface area contributed by atoms with E-state index in [1.807, 2.05) is 6.92 Å². The molecule has 0 radical (unpaired) electrons. The molecule has 0 aliphatic carbocycles. The van der Waals surface area contributed by atoms with Gasteiger partial charge in [-0.2, -0.15) is 9.97 Å². The van der Waals surface area contributed by atoms with E-state index in [0.29, 0.717) is 18.2 Å². The zero-order chi connectivity index (χ0) is 13.5. The highest BCUT2D eigenvalue weighted by Crippen LogP contribution is 2.12. The van der Waals surface area contributed by atoms with Crippen LogP contribution < -0.4 is 27.6 Å². The van der Waals surface area contributed by atoms with Crippen LogP contribution in [0.2, 0.25) is 0 Å². The zero-order valence-electron chi connectivity index (χ0n) is 10.5. The van der Waals surface area contributed by atoms with Crippen LogP contribution in [0.25, 0.3) is 0 Å². The van der Waals surface area contributed by atoms with Crippen molar-refractivity contribution in [2.24, 2.45) is 5.84 Å². The Balaban J connectivity index is 2.66. The number of rotatable bonds is 6. The first kappa shape index (κ1) is 14.0. The molecule has 7 N–H and O–H groups in total. The van der Waals surface area contributed by atoms with E-state index in [4.69, 9.17) is 11.6 Å². The van der Waals surface area contributed by atoms with E-state index in [1.54, 1.807) is 13.0 Å². The van der Waals surface area contributed by atoms with Crippen LogP contribution in [0.1, 0.15) is 20.3 Å². The van der Waals surface area contributed by atoms with Crippen molar-refractivity contribution in [2.75, 3.05) is 23.0 Å². The lowest BCUT2D eigenvalue weighted by atomic mass is 10.3. The third kappa shape index (κ3) is 4.06. The maximum absolute atomic E-state index is 11.7. The summed E-state index contributed by atoms with van der Waals surface area (Å²) in [5, 5.41) is 5.71. The van der Waals surface area contributed by atoms with Gasteiger partial charge in [-0.3, -0.25) is 4.79 Å². The first-order valence-electron chi connectivity index (χ1n) is 5.72. The monoisotopic (exact) mass is 253 g/mol. The molecule has 0 spiro atoms. The van der Waals surface area contributed by atoms with Gasteiger partial charge in [0.1, 0.15) is 17.7 Å². The van der Waals surface area contributed by atoms with Crippen molar-refractivity contribution in [3.8, 4) is 0 Å². The fourth-order valence-electron chi connectivity index (χ4n) is 1.30. The third-order valence-electron chi connectivity index (χ3n) is 2.20. The maximum Gasteiger partial charge on any atom is 0.242 e. The van der Waals surface area contributed by atoms with Gasteiger partial charge in [0.15, 0.2) is 0 Å². The van der Waals surface area contributed by atoms with E-state index in [-0.39, 0.29) is 11.9 Å². The molecule has 1 heterocycles. The molecule has 1 atom stereocenters. The molecule has 1 aromatic heterocycles. The van der Waals surface area contributed by atoms with Crippen LogP contribution in [-0.4, -0.2) is 28.5 Å². The molecule has 0 aromatic carbocycles. The summed E-state index contributed by atoms with van der Waals surface area (Å²) in [5.74, 6) is 6.04. The highest BCUT2D eigenvalue weighted by molar-refractivity contribution is 5.83. The molecule has 0 bridgehead atoms. The Morgan fingerprint density at radius 3 is 2.72 bits per heavy atom. The predicted octanol–water partition coefficient (Wildman–Crippen LogP) is -0.329. The van der Waals surface area contributed by atoms with Gasteiger partial charge in [0.05, 0.1) is 0 Å². The van der Waals surface area contributed by atoms with Gasteiger partial charge in [-0.25, -0.2) is 5.84 Å². The Morgan fingerprint density at radius 1 is 1.44 bits per heavy atom. The molecule has 1 unspecified atom stereocenters. The average molecular weight is 253 g/mol. The quantitative estimate of drug-likeness (QED) is 0.346. The molecule has 18 heavy (non-hydrogen) atoms. The summed E-state index contributed by atoms with van der Waals surface area (Å²) in [7, 11) is 0. The van der Waals surface area contributed by atoms with Crippen LogP contribution in [-0.2, 0) is 4.79 Å². The molecular formula is C10H19N7O. The second-order valence-electron chi connectivity index (χ2n) is 3.80. The first-order chi connectivity index (χ1) is 8.56. The number of hydrogen-bond donors (Lipinski definition) is 5. The van der Waals surface area contributed by atoms with E-state index >= 15 is 0 Å². The smallest absolute Gasteiger partial charge is 0.242 e. The van der Waals surface area contributed by atoms with Crippen LogP contribution >= 0.6 is 0 Å². The molecular weight excluding hydrogens is 234 g/mol. The fraction of sp³-hybridized carbons (Fsp3) is 0.500. The predicted molar refractivity (Wildman–Crippen MR) is 70.6 cm³/mol. The highest BCUT2D eigenvalue weighted by atomic mass is 16.2. The summed E-state index contributed by atoms with van der Waals surface area (Å²) >= 11 is 0. The Bertz CT molecular complexity index is 409. The SMILES string of the molecule is CCCNC(=O)C(C)Nc1cc(NN)nc(N)n1. The molecule has 8 nitrogen and oxygen atoms in total. The lowest BCUT2D eigenvalue weighted by molar-refractivity contribution is -0.121. The van der Waals surface area contributed by atoms with E-state index in [1.165, 1.54) is 0 Å². The number of amides is 1. The summed E-state index contributed by atoms with van der Waals surface area (Å²) in [4.78, 5) is 19.5. The number of nitrogens with two attached hydrogens (primary N) is 2. The molecule has 0 fully saturated rings. The Kier molecular flexibility index (Phi) is 5.12. The Hall–Kier alpha value is -2.09. The van der Waals surface area contributed by atoms with Crippen LogP contribution in [0, 0.1) is 0 Å². The number of anilines is 3. The Morgan fingerprint density at radius 2 is 2.11 bits per heavy atom. The fourth-order valence-corrected chi connectivity index (χ4v) is 1.30. The maximum atomic E-state index is 11.7. The van der Waals surface area contributed by atoms with Crippen molar-refractivity contribution in [3.63, 3.8) is 0 Å². The topological polar surface area (TPSA) is 131 Å². The van der Waals surface area contributed by atoms with E-state index in [2.05, 4.69) is 26.0 Å². The Labute approximate surface area is 106 Å². The van der Waals surface area contributed by atoms with E-state index in [0.717, 1.165) is 6.42 Å². The second-order valence-corrected chi connectivity index (χ2v) is 3.80. The van der Waals surface area contributed by atoms with Gasteiger partial charge in [0, 0.05) is 12.6 Å².